The summed E-state index contributed by atoms with van der Waals surface area (Å²) in [4.78, 5) is 14.4. The third kappa shape index (κ3) is 2.98. The Hall–Kier alpha value is -1.36. The Balaban J connectivity index is 1.72. The molecule has 3 atom stereocenters. The number of nitrogens with one attached hydrogen (secondary N) is 1. The van der Waals surface area contributed by atoms with E-state index in [9.17, 15) is 4.79 Å². The first-order chi connectivity index (χ1) is 10.2. The van der Waals surface area contributed by atoms with Crippen molar-refractivity contribution in [1.29, 1.82) is 0 Å². The van der Waals surface area contributed by atoms with Crippen molar-refractivity contribution < 1.29 is 4.79 Å². The van der Waals surface area contributed by atoms with Crippen molar-refractivity contribution in [3.05, 3.63) is 18.0 Å². The van der Waals surface area contributed by atoms with Crippen LogP contribution in [0.3, 0.4) is 0 Å². The van der Waals surface area contributed by atoms with E-state index in [-0.39, 0.29) is 0 Å². The zero-order valence-electron chi connectivity index (χ0n) is 13.1. The summed E-state index contributed by atoms with van der Waals surface area (Å²) in [5.74, 6) is 0.921. The predicted octanol–water partition coefficient (Wildman–Crippen LogP) is 1.95. The molecule has 3 unspecified atom stereocenters. The number of piperidine rings is 2. The third-order valence-electron chi connectivity index (χ3n) is 5.06. The number of amides is 1. The molecular weight excluding hydrogens is 264 g/mol. The Morgan fingerprint density at radius 1 is 1.48 bits per heavy atom. The smallest absolute Gasteiger partial charge is 0.223 e. The number of nitrogens with zero attached hydrogens (tertiary/aromatic N) is 3. The molecule has 2 aliphatic heterocycles. The molecular formula is C16H26N4O. The minimum Gasteiger partial charge on any atom is -0.333 e. The monoisotopic (exact) mass is 290 g/mol. The maximum atomic E-state index is 12.3. The molecule has 3 heterocycles. The zero-order valence-corrected chi connectivity index (χ0v) is 13.1. The molecule has 0 radical (unpaired) electrons. The van der Waals surface area contributed by atoms with Crippen molar-refractivity contribution in [3.63, 3.8) is 0 Å². The number of aromatic nitrogens is 2. The van der Waals surface area contributed by atoms with Crippen molar-refractivity contribution in [2.45, 2.75) is 58.2 Å². The molecule has 5 nitrogen and oxygen atoms in total. The molecule has 2 saturated heterocycles. The third-order valence-corrected chi connectivity index (χ3v) is 5.06. The lowest BCUT2D eigenvalue weighted by Crippen LogP contribution is -2.54. The minimum absolute atomic E-state index is 0.302. The Kier molecular flexibility index (Phi) is 4.29. The summed E-state index contributed by atoms with van der Waals surface area (Å²) in [6.07, 6.45) is 5.91. The van der Waals surface area contributed by atoms with Gasteiger partial charge in [-0.3, -0.25) is 9.48 Å². The second kappa shape index (κ2) is 6.18. The van der Waals surface area contributed by atoms with Crippen LogP contribution in [-0.4, -0.2) is 39.7 Å². The van der Waals surface area contributed by atoms with Gasteiger partial charge in [-0.05, 0) is 51.3 Å². The van der Waals surface area contributed by atoms with Gasteiger partial charge in [-0.15, -0.1) is 0 Å². The minimum atomic E-state index is 0.302. The summed E-state index contributed by atoms with van der Waals surface area (Å²) in [6.45, 7) is 7.08. The van der Waals surface area contributed by atoms with E-state index in [2.05, 4.69) is 35.2 Å². The van der Waals surface area contributed by atoms with E-state index in [1.807, 2.05) is 10.9 Å². The molecule has 0 aromatic carbocycles. The van der Waals surface area contributed by atoms with Crippen LogP contribution in [0, 0.1) is 5.92 Å². The van der Waals surface area contributed by atoms with Crippen LogP contribution >= 0.6 is 0 Å². The molecule has 116 valence electrons. The Bertz CT molecular complexity index is 498. The van der Waals surface area contributed by atoms with E-state index in [1.165, 1.54) is 0 Å². The lowest BCUT2D eigenvalue weighted by atomic mass is 9.84. The second-order valence-electron chi connectivity index (χ2n) is 6.42. The second-order valence-corrected chi connectivity index (χ2v) is 6.42. The molecule has 5 heteroatoms. The van der Waals surface area contributed by atoms with Gasteiger partial charge in [-0.2, -0.15) is 5.10 Å². The molecule has 0 bridgehead atoms. The molecule has 0 saturated carbocycles. The summed E-state index contributed by atoms with van der Waals surface area (Å²) < 4.78 is 2.02. The predicted molar refractivity (Wildman–Crippen MR) is 81.8 cm³/mol. The van der Waals surface area contributed by atoms with Crippen LogP contribution in [0.5, 0.6) is 0 Å². The first-order valence-corrected chi connectivity index (χ1v) is 8.23. The topological polar surface area (TPSA) is 50.2 Å². The van der Waals surface area contributed by atoms with Gasteiger partial charge in [0.25, 0.3) is 0 Å². The molecule has 0 aliphatic carbocycles. The number of carbonyl (C=O) groups excluding carboxylic acids is 1. The maximum Gasteiger partial charge on any atom is 0.223 e. The van der Waals surface area contributed by atoms with Gasteiger partial charge in [-0.25, -0.2) is 0 Å². The molecule has 1 N–H and O–H groups in total. The summed E-state index contributed by atoms with van der Waals surface area (Å²) >= 11 is 0. The van der Waals surface area contributed by atoms with Crippen molar-refractivity contribution in [1.82, 2.24) is 20.0 Å². The highest BCUT2D eigenvalue weighted by Crippen LogP contribution is 2.29. The molecule has 1 amide bonds. The quantitative estimate of drug-likeness (QED) is 0.922. The SMILES string of the molecule is CCC(C)n1ccc(CN2C(=O)CCC3CNCCC32)n1. The van der Waals surface area contributed by atoms with Crippen molar-refractivity contribution in [2.75, 3.05) is 13.1 Å². The molecule has 2 aliphatic rings. The Morgan fingerprint density at radius 2 is 2.33 bits per heavy atom. The van der Waals surface area contributed by atoms with Gasteiger partial charge < -0.3 is 10.2 Å². The summed E-state index contributed by atoms with van der Waals surface area (Å²) in [7, 11) is 0. The van der Waals surface area contributed by atoms with E-state index in [0.717, 1.165) is 38.0 Å². The molecule has 21 heavy (non-hydrogen) atoms. The molecule has 2 fully saturated rings. The van der Waals surface area contributed by atoms with Gasteiger partial charge in [0.05, 0.1) is 12.2 Å². The summed E-state index contributed by atoms with van der Waals surface area (Å²) in [5.41, 5.74) is 1.02. The number of likely N-dealkylation sites (tertiary alicyclic amines) is 1. The summed E-state index contributed by atoms with van der Waals surface area (Å²) in [5, 5.41) is 8.11. The molecule has 0 spiro atoms. The largest absolute Gasteiger partial charge is 0.333 e. The van der Waals surface area contributed by atoms with Crippen LogP contribution in [0.25, 0.3) is 0 Å². The van der Waals surface area contributed by atoms with Crippen LogP contribution in [0.2, 0.25) is 0 Å². The standard InChI is InChI=1S/C16H26N4O/c1-3-12(2)20-9-7-14(18-20)11-19-15-6-8-17-10-13(15)4-5-16(19)21/h7,9,12-13,15,17H,3-6,8,10-11H2,1-2H3. The maximum absolute atomic E-state index is 12.3. The normalized spacial score (nSPS) is 27.5. The van der Waals surface area contributed by atoms with Crippen LogP contribution in [0.15, 0.2) is 12.3 Å². The van der Waals surface area contributed by atoms with E-state index in [1.54, 1.807) is 0 Å². The van der Waals surface area contributed by atoms with Gasteiger partial charge in [0.15, 0.2) is 0 Å². The lowest BCUT2D eigenvalue weighted by Gasteiger charge is -2.43. The first-order valence-electron chi connectivity index (χ1n) is 8.23. The highest BCUT2D eigenvalue weighted by Gasteiger charge is 2.37. The number of fused-ring (bicyclic) bond motifs is 1. The van der Waals surface area contributed by atoms with Gasteiger partial charge in [0.2, 0.25) is 5.91 Å². The van der Waals surface area contributed by atoms with Gasteiger partial charge >= 0.3 is 0 Å². The fraction of sp³-hybridized carbons (Fsp3) is 0.750. The van der Waals surface area contributed by atoms with Crippen molar-refractivity contribution in [3.8, 4) is 0 Å². The highest BCUT2D eigenvalue weighted by molar-refractivity contribution is 5.77. The fourth-order valence-electron chi connectivity index (χ4n) is 3.53. The van der Waals surface area contributed by atoms with E-state index in [4.69, 9.17) is 0 Å². The van der Waals surface area contributed by atoms with Crippen molar-refractivity contribution in [2.24, 2.45) is 5.92 Å². The van der Waals surface area contributed by atoms with Crippen LogP contribution < -0.4 is 5.32 Å². The van der Waals surface area contributed by atoms with E-state index < -0.39 is 0 Å². The number of hydrogen-bond donors (Lipinski definition) is 1. The number of hydrogen-bond acceptors (Lipinski definition) is 3. The lowest BCUT2D eigenvalue weighted by molar-refractivity contribution is -0.140. The van der Waals surface area contributed by atoms with Gasteiger partial charge in [0, 0.05) is 24.7 Å². The van der Waals surface area contributed by atoms with E-state index >= 15 is 0 Å². The summed E-state index contributed by atoms with van der Waals surface area (Å²) in [6, 6.07) is 2.88. The van der Waals surface area contributed by atoms with Gasteiger partial charge in [0.1, 0.15) is 0 Å². The molecule has 1 aromatic rings. The van der Waals surface area contributed by atoms with Crippen molar-refractivity contribution >= 4 is 5.91 Å². The average molecular weight is 290 g/mol. The number of carbonyl (C=O) groups is 1. The van der Waals surface area contributed by atoms with Crippen LogP contribution in [0.1, 0.15) is 51.3 Å². The zero-order chi connectivity index (χ0) is 14.8. The fourth-order valence-corrected chi connectivity index (χ4v) is 3.53. The number of rotatable bonds is 4. The highest BCUT2D eigenvalue weighted by atomic mass is 16.2. The Morgan fingerprint density at radius 3 is 3.14 bits per heavy atom. The van der Waals surface area contributed by atoms with Crippen LogP contribution in [0.4, 0.5) is 0 Å². The van der Waals surface area contributed by atoms with E-state index in [0.29, 0.717) is 36.9 Å². The Labute approximate surface area is 126 Å². The average Bonchev–Trinajstić information content (AvgIpc) is 2.98. The van der Waals surface area contributed by atoms with Gasteiger partial charge in [-0.1, -0.05) is 6.92 Å². The van der Waals surface area contributed by atoms with Crippen LogP contribution in [-0.2, 0) is 11.3 Å². The first kappa shape index (κ1) is 14.6. The molecule has 1 aromatic heterocycles. The molecule has 3 rings (SSSR count).